The molecule has 0 saturated heterocycles. The molecule has 0 aromatic carbocycles. The minimum absolute atomic E-state index is 0.569. The molecule has 1 aliphatic rings. The predicted octanol–water partition coefficient (Wildman–Crippen LogP) is 3.57. The lowest BCUT2D eigenvalue weighted by Crippen LogP contribution is -2.27. The van der Waals surface area contributed by atoms with Crippen LogP contribution < -0.4 is 5.32 Å². The fourth-order valence-corrected chi connectivity index (χ4v) is 2.34. The maximum Gasteiger partial charge on any atom is 0.131 e. The maximum absolute atomic E-state index is 5.35. The minimum atomic E-state index is 0.569. The van der Waals surface area contributed by atoms with Crippen molar-refractivity contribution in [2.45, 2.75) is 33.2 Å². The molecule has 1 aromatic heterocycles. The molecule has 1 aliphatic carbocycles. The van der Waals surface area contributed by atoms with E-state index < -0.39 is 0 Å². The van der Waals surface area contributed by atoms with Gasteiger partial charge in [0, 0.05) is 6.54 Å². The summed E-state index contributed by atoms with van der Waals surface area (Å²) in [6.07, 6.45) is 4.46. The van der Waals surface area contributed by atoms with E-state index in [0.717, 1.165) is 29.2 Å². The lowest BCUT2D eigenvalue weighted by Gasteiger charge is -2.19. The van der Waals surface area contributed by atoms with E-state index in [4.69, 9.17) is 4.42 Å². The van der Waals surface area contributed by atoms with Gasteiger partial charge in [-0.2, -0.15) is 0 Å². The molecule has 0 aliphatic heterocycles. The third-order valence-corrected chi connectivity index (χ3v) is 4.28. The highest BCUT2D eigenvalue weighted by atomic mass is 79.9. The van der Waals surface area contributed by atoms with Crippen molar-refractivity contribution in [3.05, 3.63) is 22.6 Å². The standard InChI is InChI=1S/C12H18BrNO/c1-9(2)12(4-5-12)8-14-7-11-10(13)3-6-15-11/h3,6,9,14H,4-5,7-8H2,1-2H3. The van der Waals surface area contributed by atoms with Crippen LogP contribution in [0, 0.1) is 11.3 Å². The normalized spacial score (nSPS) is 18.4. The van der Waals surface area contributed by atoms with Crippen LogP contribution in [0.25, 0.3) is 0 Å². The molecule has 2 nitrogen and oxygen atoms in total. The molecular formula is C12H18BrNO. The van der Waals surface area contributed by atoms with Gasteiger partial charge in [0.05, 0.1) is 17.3 Å². The SMILES string of the molecule is CC(C)C1(CNCc2occc2Br)CC1. The third-order valence-electron chi connectivity index (χ3n) is 3.57. The van der Waals surface area contributed by atoms with Gasteiger partial charge in [-0.25, -0.2) is 0 Å². The fraction of sp³-hybridized carbons (Fsp3) is 0.667. The number of rotatable bonds is 5. The molecule has 0 spiro atoms. The van der Waals surface area contributed by atoms with E-state index in [0.29, 0.717) is 5.41 Å². The Bertz CT molecular complexity index is 328. The van der Waals surface area contributed by atoms with E-state index in [9.17, 15) is 0 Å². The highest BCUT2D eigenvalue weighted by Crippen LogP contribution is 2.51. The average Bonchev–Trinajstić information content (AvgIpc) is 2.87. The van der Waals surface area contributed by atoms with Gasteiger partial charge < -0.3 is 9.73 Å². The second-order valence-electron chi connectivity index (χ2n) is 4.81. The monoisotopic (exact) mass is 271 g/mol. The van der Waals surface area contributed by atoms with Crippen LogP contribution in [0.3, 0.4) is 0 Å². The lowest BCUT2D eigenvalue weighted by molar-refractivity contribution is 0.331. The zero-order valence-electron chi connectivity index (χ0n) is 9.35. The second-order valence-corrected chi connectivity index (χ2v) is 5.67. The molecule has 15 heavy (non-hydrogen) atoms. The Morgan fingerprint density at radius 2 is 2.27 bits per heavy atom. The van der Waals surface area contributed by atoms with Gasteiger partial charge in [0.25, 0.3) is 0 Å². The predicted molar refractivity (Wildman–Crippen MR) is 64.6 cm³/mol. The highest BCUT2D eigenvalue weighted by Gasteiger charge is 2.44. The molecule has 1 saturated carbocycles. The largest absolute Gasteiger partial charge is 0.467 e. The van der Waals surface area contributed by atoms with Gasteiger partial charge in [0.2, 0.25) is 0 Å². The van der Waals surface area contributed by atoms with Gasteiger partial charge >= 0.3 is 0 Å². The van der Waals surface area contributed by atoms with E-state index in [1.54, 1.807) is 6.26 Å². The summed E-state index contributed by atoms with van der Waals surface area (Å²) in [6.45, 7) is 6.56. The number of hydrogen-bond acceptors (Lipinski definition) is 2. The molecular weight excluding hydrogens is 254 g/mol. The van der Waals surface area contributed by atoms with E-state index in [-0.39, 0.29) is 0 Å². The Labute approximate surface area is 99.6 Å². The Kier molecular flexibility index (Phi) is 3.21. The van der Waals surface area contributed by atoms with Crippen molar-refractivity contribution in [1.82, 2.24) is 5.32 Å². The molecule has 1 fully saturated rings. The Morgan fingerprint density at radius 3 is 2.73 bits per heavy atom. The third kappa shape index (κ3) is 2.45. The molecule has 0 atom stereocenters. The van der Waals surface area contributed by atoms with E-state index in [2.05, 4.69) is 35.1 Å². The second kappa shape index (κ2) is 4.30. The Morgan fingerprint density at radius 1 is 1.53 bits per heavy atom. The smallest absolute Gasteiger partial charge is 0.131 e. The first-order chi connectivity index (χ1) is 7.14. The van der Waals surface area contributed by atoms with Crippen LogP contribution in [-0.2, 0) is 6.54 Å². The molecule has 84 valence electrons. The van der Waals surface area contributed by atoms with Crippen LogP contribution in [0.5, 0.6) is 0 Å². The quantitative estimate of drug-likeness (QED) is 0.886. The average molecular weight is 272 g/mol. The van der Waals surface area contributed by atoms with Gasteiger partial charge in [0.15, 0.2) is 0 Å². The first-order valence-electron chi connectivity index (χ1n) is 5.57. The van der Waals surface area contributed by atoms with Crippen LogP contribution in [0.2, 0.25) is 0 Å². The fourth-order valence-electron chi connectivity index (χ4n) is 2.00. The molecule has 3 heteroatoms. The topological polar surface area (TPSA) is 25.2 Å². The van der Waals surface area contributed by atoms with Crippen molar-refractivity contribution in [2.75, 3.05) is 6.54 Å². The Balaban J connectivity index is 1.78. The number of nitrogens with one attached hydrogen (secondary N) is 1. The lowest BCUT2D eigenvalue weighted by atomic mass is 9.92. The summed E-state index contributed by atoms with van der Waals surface area (Å²) < 4.78 is 6.41. The molecule has 0 bridgehead atoms. The first-order valence-corrected chi connectivity index (χ1v) is 6.36. The van der Waals surface area contributed by atoms with Crippen molar-refractivity contribution >= 4 is 15.9 Å². The van der Waals surface area contributed by atoms with Crippen LogP contribution >= 0.6 is 15.9 Å². The molecule has 0 radical (unpaired) electrons. The molecule has 0 unspecified atom stereocenters. The summed E-state index contributed by atoms with van der Waals surface area (Å²) in [5.41, 5.74) is 0.569. The van der Waals surface area contributed by atoms with Crippen molar-refractivity contribution in [3.63, 3.8) is 0 Å². The van der Waals surface area contributed by atoms with E-state index in [1.807, 2.05) is 6.07 Å². The summed E-state index contributed by atoms with van der Waals surface area (Å²) >= 11 is 3.46. The van der Waals surface area contributed by atoms with Gasteiger partial charge in [-0.1, -0.05) is 13.8 Å². The molecule has 1 N–H and O–H groups in total. The summed E-state index contributed by atoms with van der Waals surface area (Å²) in [5, 5.41) is 3.49. The number of furan rings is 1. The maximum atomic E-state index is 5.35. The summed E-state index contributed by atoms with van der Waals surface area (Å²) in [6, 6.07) is 1.94. The van der Waals surface area contributed by atoms with Crippen LogP contribution in [-0.4, -0.2) is 6.54 Å². The number of halogens is 1. The van der Waals surface area contributed by atoms with Gasteiger partial charge in [-0.3, -0.25) is 0 Å². The number of hydrogen-bond donors (Lipinski definition) is 1. The summed E-state index contributed by atoms with van der Waals surface area (Å²) in [5.74, 6) is 1.78. The van der Waals surface area contributed by atoms with Crippen molar-refractivity contribution in [3.8, 4) is 0 Å². The van der Waals surface area contributed by atoms with Gasteiger partial charge in [0.1, 0.15) is 5.76 Å². The summed E-state index contributed by atoms with van der Waals surface area (Å²) in [7, 11) is 0. The van der Waals surface area contributed by atoms with Crippen LogP contribution in [0.15, 0.2) is 21.2 Å². The van der Waals surface area contributed by atoms with E-state index >= 15 is 0 Å². The first kappa shape index (κ1) is 11.2. The minimum Gasteiger partial charge on any atom is -0.467 e. The van der Waals surface area contributed by atoms with Crippen LogP contribution in [0.1, 0.15) is 32.4 Å². The van der Waals surface area contributed by atoms with Crippen molar-refractivity contribution < 1.29 is 4.42 Å². The zero-order chi connectivity index (χ0) is 10.9. The van der Waals surface area contributed by atoms with Gasteiger partial charge in [-0.15, -0.1) is 0 Å². The molecule has 1 aromatic rings. The van der Waals surface area contributed by atoms with Crippen molar-refractivity contribution in [2.24, 2.45) is 11.3 Å². The summed E-state index contributed by atoms with van der Waals surface area (Å²) in [4.78, 5) is 0. The Hall–Kier alpha value is -0.280. The van der Waals surface area contributed by atoms with Crippen molar-refractivity contribution in [1.29, 1.82) is 0 Å². The molecule has 1 heterocycles. The van der Waals surface area contributed by atoms with Crippen LogP contribution in [0.4, 0.5) is 0 Å². The molecule has 2 rings (SSSR count). The van der Waals surface area contributed by atoms with E-state index in [1.165, 1.54) is 12.8 Å². The highest BCUT2D eigenvalue weighted by molar-refractivity contribution is 9.10. The zero-order valence-corrected chi connectivity index (χ0v) is 10.9. The van der Waals surface area contributed by atoms with Gasteiger partial charge in [-0.05, 0) is 46.2 Å². The molecule has 0 amide bonds.